The van der Waals surface area contributed by atoms with Gasteiger partial charge in [0.1, 0.15) is 6.67 Å². The predicted molar refractivity (Wildman–Crippen MR) is 67.0 cm³/mol. The van der Waals surface area contributed by atoms with Crippen molar-refractivity contribution in [1.82, 2.24) is 0 Å². The summed E-state index contributed by atoms with van der Waals surface area (Å²) >= 11 is 0. The summed E-state index contributed by atoms with van der Waals surface area (Å²) < 4.78 is 0. The number of fused-ring (bicyclic) bond motifs is 1. The van der Waals surface area contributed by atoms with Crippen LogP contribution in [0.2, 0.25) is 0 Å². The SMILES string of the molecule is c1ccc(C2=NCNc3ccccc32)cc1. The van der Waals surface area contributed by atoms with Crippen LogP contribution < -0.4 is 5.32 Å². The lowest BCUT2D eigenvalue weighted by Gasteiger charge is -2.18. The molecule has 0 unspecified atom stereocenters. The minimum Gasteiger partial charge on any atom is -0.366 e. The van der Waals surface area contributed by atoms with Crippen LogP contribution in [0.4, 0.5) is 5.69 Å². The molecule has 0 saturated heterocycles. The van der Waals surface area contributed by atoms with Crippen molar-refractivity contribution in [3.05, 3.63) is 65.7 Å². The van der Waals surface area contributed by atoms with Crippen LogP contribution in [0.3, 0.4) is 0 Å². The third-order valence-corrected chi connectivity index (χ3v) is 2.74. The summed E-state index contributed by atoms with van der Waals surface area (Å²) in [6.07, 6.45) is 0. The molecule has 3 rings (SSSR count). The molecule has 0 atom stereocenters. The summed E-state index contributed by atoms with van der Waals surface area (Å²) in [7, 11) is 0. The first-order chi connectivity index (χ1) is 7.95. The van der Waals surface area contributed by atoms with E-state index in [1.54, 1.807) is 0 Å². The predicted octanol–water partition coefficient (Wildman–Crippen LogP) is 2.91. The summed E-state index contributed by atoms with van der Waals surface area (Å²) in [5, 5.41) is 3.27. The Morgan fingerprint density at radius 1 is 0.875 bits per heavy atom. The van der Waals surface area contributed by atoms with E-state index in [-0.39, 0.29) is 0 Å². The Morgan fingerprint density at radius 3 is 2.50 bits per heavy atom. The molecular weight excluding hydrogens is 196 g/mol. The van der Waals surface area contributed by atoms with E-state index in [0.717, 1.165) is 11.4 Å². The molecule has 0 aliphatic carbocycles. The normalized spacial score (nSPS) is 13.6. The number of nitrogens with zero attached hydrogens (tertiary/aromatic N) is 1. The zero-order valence-corrected chi connectivity index (χ0v) is 8.85. The number of aliphatic imine (C=N–C) groups is 1. The number of benzene rings is 2. The minimum atomic E-state index is 0.654. The van der Waals surface area contributed by atoms with Gasteiger partial charge in [-0.2, -0.15) is 0 Å². The van der Waals surface area contributed by atoms with E-state index >= 15 is 0 Å². The van der Waals surface area contributed by atoms with E-state index < -0.39 is 0 Å². The molecule has 2 aromatic rings. The molecule has 78 valence electrons. The molecule has 0 saturated carbocycles. The number of hydrogen-bond acceptors (Lipinski definition) is 2. The van der Waals surface area contributed by atoms with Crippen molar-refractivity contribution in [2.24, 2.45) is 4.99 Å². The largest absolute Gasteiger partial charge is 0.366 e. The maximum atomic E-state index is 4.55. The second-order valence-electron chi connectivity index (χ2n) is 3.75. The molecule has 1 N–H and O–H groups in total. The Labute approximate surface area is 94.7 Å². The van der Waals surface area contributed by atoms with Gasteiger partial charge in [0.15, 0.2) is 0 Å². The summed E-state index contributed by atoms with van der Waals surface area (Å²) in [5.41, 5.74) is 4.60. The fraction of sp³-hybridized carbons (Fsp3) is 0.0714. The lowest BCUT2D eigenvalue weighted by molar-refractivity contribution is 1.11. The monoisotopic (exact) mass is 208 g/mol. The van der Waals surface area contributed by atoms with Crippen LogP contribution in [-0.2, 0) is 0 Å². The van der Waals surface area contributed by atoms with E-state index in [2.05, 4.69) is 34.6 Å². The van der Waals surface area contributed by atoms with Gasteiger partial charge in [-0.15, -0.1) is 0 Å². The highest BCUT2D eigenvalue weighted by atomic mass is 15.0. The molecular formula is C14H12N2. The van der Waals surface area contributed by atoms with Gasteiger partial charge in [-0.3, -0.25) is 4.99 Å². The van der Waals surface area contributed by atoms with Crippen LogP contribution in [0.15, 0.2) is 59.6 Å². The van der Waals surface area contributed by atoms with Crippen molar-refractivity contribution < 1.29 is 0 Å². The first kappa shape index (κ1) is 9.16. The van der Waals surface area contributed by atoms with Gasteiger partial charge >= 0.3 is 0 Å². The Hall–Kier alpha value is -2.09. The third-order valence-electron chi connectivity index (χ3n) is 2.74. The van der Waals surface area contributed by atoms with Crippen LogP contribution in [0, 0.1) is 0 Å². The molecule has 1 aliphatic rings. The molecule has 1 aliphatic heterocycles. The van der Waals surface area contributed by atoms with Gasteiger partial charge < -0.3 is 5.32 Å². The van der Waals surface area contributed by atoms with Crippen LogP contribution in [0.5, 0.6) is 0 Å². The zero-order chi connectivity index (χ0) is 10.8. The topological polar surface area (TPSA) is 24.4 Å². The Morgan fingerprint density at radius 2 is 1.62 bits per heavy atom. The van der Waals surface area contributed by atoms with Crippen molar-refractivity contribution in [1.29, 1.82) is 0 Å². The van der Waals surface area contributed by atoms with Gasteiger partial charge in [0.25, 0.3) is 0 Å². The van der Waals surface area contributed by atoms with E-state index in [4.69, 9.17) is 0 Å². The molecule has 0 aromatic heterocycles. The molecule has 2 nitrogen and oxygen atoms in total. The minimum absolute atomic E-state index is 0.654. The van der Waals surface area contributed by atoms with Gasteiger partial charge in [-0.25, -0.2) is 0 Å². The first-order valence-corrected chi connectivity index (χ1v) is 5.38. The highest BCUT2D eigenvalue weighted by Gasteiger charge is 2.13. The summed E-state index contributed by atoms with van der Waals surface area (Å²) in [6.45, 7) is 0.654. The number of anilines is 1. The van der Waals surface area contributed by atoms with Gasteiger partial charge in [-0.05, 0) is 6.07 Å². The van der Waals surface area contributed by atoms with Crippen LogP contribution in [0.25, 0.3) is 0 Å². The highest BCUT2D eigenvalue weighted by molar-refractivity contribution is 6.16. The Kier molecular flexibility index (Phi) is 2.18. The smallest absolute Gasteiger partial charge is 0.108 e. The van der Waals surface area contributed by atoms with Gasteiger partial charge in [-0.1, -0.05) is 48.5 Å². The fourth-order valence-electron chi connectivity index (χ4n) is 1.98. The quantitative estimate of drug-likeness (QED) is 0.765. The first-order valence-electron chi connectivity index (χ1n) is 5.38. The van der Waals surface area contributed by atoms with E-state index in [1.165, 1.54) is 11.1 Å². The van der Waals surface area contributed by atoms with Gasteiger partial charge in [0.05, 0.1) is 5.71 Å². The lowest BCUT2D eigenvalue weighted by Crippen LogP contribution is -2.16. The van der Waals surface area contributed by atoms with Crippen molar-refractivity contribution in [2.75, 3.05) is 12.0 Å². The van der Waals surface area contributed by atoms with Crippen LogP contribution >= 0.6 is 0 Å². The fourth-order valence-corrected chi connectivity index (χ4v) is 1.98. The number of rotatable bonds is 1. The van der Waals surface area contributed by atoms with Gasteiger partial charge in [0, 0.05) is 16.8 Å². The van der Waals surface area contributed by atoms with Crippen molar-refractivity contribution in [3.8, 4) is 0 Å². The van der Waals surface area contributed by atoms with E-state index in [9.17, 15) is 0 Å². The number of nitrogens with one attached hydrogen (secondary N) is 1. The Balaban J connectivity index is 2.13. The van der Waals surface area contributed by atoms with E-state index in [0.29, 0.717) is 6.67 Å². The maximum absolute atomic E-state index is 4.55. The highest BCUT2D eigenvalue weighted by Crippen LogP contribution is 2.22. The Bertz CT molecular complexity index is 529. The standard InChI is InChI=1S/C14H12N2/c1-2-6-11(7-3-1)14-12-8-4-5-9-13(12)15-10-16-14/h1-9,15H,10H2. The number of hydrogen-bond donors (Lipinski definition) is 1. The van der Waals surface area contributed by atoms with E-state index in [1.807, 2.05) is 30.3 Å². The zero-order valence-electron chi connectivity index (χ0n) is 8.85. The summed E-state index contributed by atoms with van der Waals surface area (Å²) in [4.78, 5) is 4.55. The molecule has 0 bridgehead atoms. The molecule has 1 heterocycles. The summed E-state index contributed by atoms with van der Waals surface area (Å²) in [6, 6.07) is 18.6. The molecule has 0 radical (unpaired) electrons. The van der Waals surface area contributed by atoms with Crippen LogP contribution in [0.1, 0.15) is 11.1 Å². The second kappa shape index (κ2) is 3.81. The molecule has 16 heavy (non-hydrogen) atoms. The molecule has 0 spiro atoms. The molecule has 0 fully saturated rings. The summed E-state index contributed by atoms with van der Waals surface area (Å²) in [5.74, 6) is 0. The molecule has 2 aromatic carbocycles. The van der Waals surface area contributed by atoms with Crippen molar-refractivity contribution >= 4 is 11.4 Å². The average Bonchev–Trinajstić information content (AvgIpc) is 2.39. The maximum Gasteiger partial charge on any atom is 0.108 e. The second-order valence-corrected chi connectivity index (χ2v) is 3.75. The lowest BCUT2D eigenvalue weighted by atomic mass is 10.00. The average molecular weight is 208 g/mol. The number of para-hydroxylation sites is 1. The van der Waals surface area contributed by atoms with Crippen LogP contribution in [-0.4, -0.2) is 12.4 Å². The molecule has 2 heteroatoms. The van der Waals surface area contributed by atoms with Crippen molar-refractivity contribution in [3.63, 3.8) is 0 Å². The van der Waals surface area contributed by atoms with Crippen molar-refractivity contribution in [2.45, 2.75) is 0 Å². The third kappa shape index (κ3) is 1.48. The molecule has 0 amide bonds. The van der Waals surface area contributed by atoms with Gasteiger partial charge in [0.2, 0.25) is 0 Å².